The summed E-state index contributed by atoms with van der Waals surface area (Å²) >= 11 is 0. The van der Waals surface area contributed by atoms with Crippen molar-refractivity contribution in [2.24, 2.45) is 0 Å². The van der Waals surface area contributed by atoms with Gasteiger partial charge < -0.3 is 10.2 Å². The number of hydrogen-bond donors (Lipinski definition) is 1. The highest BCUT2D eigenvalue weighted by Gasteiger charge is 2.30. The fourth-order valence-electron chi connectivity index (χ4n) is 3.44. The molecule has 0 aliphatic rings. The van der Waals surface area contributed by atoms with E-state index in [0.29, 0.717) is 12.2 Å². The maximum Gasteiger partial charge on any atom is 0.244 e. The predicted molar refractivity (Wildman–Crippen MR) is 128 cm³/mol. The van der Waals surface area contributed by atoms with Crippen LogP contribution in [0, 0.1) is 13.8 Å². The molecule has 1 N–H and O–H groups in total. The minimum atomic E-state index is -3.73. The van der Waals surface area contributed by atoms with E-state index in [0.717, 1.165) is 33.7 Å². The van der Waals surface area contributed by atoms with E-state index in [4.69, 9.17) is 0 Å². The Morgan fingerprint density at radius 3 is 2.28 bits per heavy atom. The largest absolute Gasteiger partial charge is 0.354 e. The van der Waals surface area contributed by atoms with Crippen LogP contribution in [0.1, 0.15) is 37.0 Å². The molecule has 2 aromatic rings. The molecule has 0 saturated heterocycles. The molecule has 2 aromatic carbocycles. The van der Waals surface area contributed by atoms with Gasteiger partial charge in [-0.2, -0.15) is 0 Å². The third-order valence-corrected chi connectivity index (χ3v) is 6.34. The topological polar surface area (TPSA) is 86.8 Å². The Labute approximate surface area is 191 Å². The summed E-state index contributed by atoms with van der Waals surface area (Å²) in [7, 11) is -3.73. The van der Waals surface area contributed by atoms with Gasteiger partial charge in [-0.3, -0.25) is 13.9 Å². The van der Waals surface area contributed by atoms with Gasteiger partial charge in [-0.1, -0.05) is 55.0 Å². The smallest absolute Gasteiger partial charge is 0.244 e. The van der Waals surface area contributed by atoms with E-state index in [-0.39, 0.29) is 19.0 Å². The van der Waals surface area contributed by atoms with Gasteiger partial charge in [-0.25, -0.2) is 8.42 Å². The lowest BCUT2D eigenvalue weighted by atomic mass is 10.1. The summed E-state index contributed by atoms with van der Waals surface area (Å²) in [5, 5.41) is 2.82. The Hall–Kier alpha value is -2.87. The Kier molecular flexibility index (Phi) is 8.83. The van der Waals surface area contributed by atoms with Crippen LogP contribution >= 0.6 is 0 Å². The average Bonchev–Trinajstić information content (AvgIpc) is 2.74. The second kappa shape index (κ2) is 11.1. The van der Waals surface area contributed by atoms with Gasteiger partial charge in [0.25, 0.3) is 0 Å². The Morgan fingerprint density at radius 2 is 1.72 bits per heavy atom. The second-order valence-electron chi connectivity index (χ2n) is 8.03. The van der Waals surface area contributed by atoms with E-state index in [1.807, 2.05) is 63.2 Å². The molecule has 0 bridgehead atoms. The molecular weight excluding hydrogens is 426 g/mol. The van der Waals surface area contributed by atoms with Gasteiger partial charge in [0.05, 0.1) is 11.9 Å². The van der Waals surface area contributed by atoms with E-state index in [1.165, 1.54) is 4.90 Å². The summed E-state index contributed by atoms with van der Waals surface area (Å²) in [6, 6.07) is 14.0. The molecule has 0 unspecified atom stereocenters. The van der Waals surface area contributed by atoms with Crippen LogP contribution in [0.3, 0.4) is 0 Å². The van der Waals surface area contributed by atoms with E-state index in [9.17, 15) is 18.0 Å². The molecule has 174 valence electrons. The number of rotatable bonds is 10. The highest BCUT2D eigenvalue weighted by Crippen LogP contribution is 2.24. The highest BCUT2D eigenvalue weighted by molar-refractivity contribution is 7.92. The quantitative estimate of drug-likeness (QED) is 0.592. The van der Waals surface area contributed by atoms with Crippen molar-refractivity contribution in [2.45, 2.75) is 46.7 Å². The van der Waals surface area contributed by atoms with Crippen molar-refractivity contribution < 1.29 is 18.0 Å². The van der Waals surface area contributed by atoms with Crippen LogP contribution in [0.2, 0.25) is 0 Å². The van der Waals surface area contributed by atoms with Gasteiger partial charge >= 0.3 is 0 Å². The summed E-state index contributed by atoms with van der Waals surface area (Å²) in [5.74, 6) is -0.716. The summed E-state index contributed by atoms with van der Waals surface area (Å²) in [5.41, 5.74) is 3.06. The van der Waals surface area contributed by atoms with E-state index in [1.54, 1.807) is 13.0 Å². The normalized spacial score (nSPS) is 12.2. The number of aryl methyl sites for hydroxylation is 2. The molecule has 0 spiro atoms. The van der Waals surface area contributed by atoms with Gasteiger partial charge in [-0.05, 0) is 44.4 Å². The third-order valence-electron chi connectivity index (χ3n) is 5.21. The van der Waals surface area contributed by atoms with Crippen molar-refractivity contribution in [1.82, 2.24) is 10.2 Å². The molecule has 7 nitrogen and oxygen atoms in total. The Morgan fingerprint density at radius 1 is 1.06 bits per heavy atom. The molecule has 0 aromatic heterocycles. The van der Waals surface area contributed by atoms with Crippen molar-refractivity contribution in [1.29, 1.82) is 0 Å². The number of nitrogens with one attached hydrogen (secondary N) is 1. The predicted octanol–water partition coefficient (Wildman–Crippen LogP) is 3.01. The summed E-state index contributed by atoms with van der Waals surface area (Å²) in [4.78, 5) is 27.5. The first-order valence-electron chi connectivity index (χ1n) is 10.7. The lowest BCUT2D eigenvalue weighted by Crippen LogP contribution is -2.51. The molecule has 32 heavy (non-hydrogen) atoms. The van der Waals surface area contributed by atoms with Gasteiger partial charge in [0.2, 0.25) is 21.8 Å². The Bertz CT molecular complexity index is 1040. The first-order chi connectivity index (χ1) is 15.0. The molecule has 2 amide bonds. The SMILES string of the molecule is CCCNC(=O)[C@H](C)N(Cc1ccccc1)C(=O)CN(c1ccc(C)cc1C)S(C)(=O)=O. The van der Waals surface area contributed by atoms with Gasteiger partial charge in [-0.15, -0.1) is 0 Å². The van der Waals surface area contributed by atoms with Crippen molar-refractivity contribution in [3.8, 4) is 0 Å². The van der Waals surface area contributed by atoms with Crippen LogP contribution in [-0.2, 0) is 26.2 Å². The van der Waals surface area contributed by atoms with Crippen molar-refractivity contribution in [3.63, 3.8) is 0 Å². The molecule has 0 radical (unpaired) electrons. The van der Waals surface area contributed by atoms with Gasteiger partial charge in [0.1, 0.15) is 12.6 Å². The lowest BCUT2D eigenvalue weighted by molar-refractivity contribution is -0.139. The third kappa shape index (κ3) is 6.82. The molecule has 0 saturated carbocycles. The maximum atomic E-state index is 13.4. The van der Waals surface area contributed by atoms with Crippen LogP contribution in [0.25, 0.3) is 0 Å². The van der Waals surface area contributed by atoms with Crippen LogP contribution < -0.4 is 9.62 Å². The number of benzene rings is 2. The van der Waals surface area contributed by atoms with Gasteiger partial charge in [0.15, 0.2) is 0 Å². The van der Waals surface area contributed by atoms with Crippen molar-refractivity contribution in [3.05, 3.63) is 65.2 Å². The van der Waals surface area contributed by atoms with Gasteiger partial charge in [0, 0.05) is 13.1 Å². The Balaban J connectivity index is 2.38. The number of carbonyl (C=O) groups is 2. The van der Waals surface area contributed by atoms with Crippen molar-refractivity contribution in [2.75, 3.05) is 23.7 Å². The van der Waals surface area contributed by atoms with Crippen molar-refractivity contribution >= 4 is 27.5 Å². The number of hydrogen-bond acceptors (Lipinski definition) is 4. The number of carbonyl (C=O) groups excluding carboxylic acids is 2. The van der Waals surface area contributed by atoms with Crippen LogP contribution in [0.15, 0.2) is 48.5 Å². The molecule has 2 rings (SSSR count). The fraction of sp³-hybridized carbons (Fsp3) is 0.417. The molecule has 0 aliphatic heterocycles. The van der Waals surface area contributed by atoms with Crippen LogP contribution in [-0.4, -0.2) is 50.5 Å². The molecular formula is C24H33N3O4S. The molecule has 8 heteroatoms. The van der Waals surface area contributed by atoms with E-state index < -0.39 is 22.0 Å². The molecule has 0 fully saturated rings. The maximum absolute atomic E-state index is 13.4. The molecule has 1 atom stereocenters. The lowest BCUT2D eigenvalue weighted by Gasteiger charge is -2.32. The average molecular weight is 460 g/mol. The molecule has 0 aliphatic carbocycles. The van der Waals surface area contributed by atoms with E-state index in [2.05, 4.69) is 5.32 Å². The first-order valence-corrected chi connectivity index (χ1v) is 12.6. The highest BCUT2D eigenvalue weighted by atomic mass is 32.2. The zero-order valence-corrected chi connectivity index (χ0v) is 20.3. The summed E-state index contributed by atoms with van der Waals surface area (Å²) in [6.07, 6.45) is 1.86. The minimum absolute atomic E-state index is 0.199. The van der Waals surface area contributed by atoms with E-state index >= 15 is 0 Å². The standard InChI is InChI=1S/C24H33N3O4S/c1-6-14-25-24(29)20(4)26(16-21-10-8-7-9-11-21)23(28)17-27(32(5,30)31)22-13-12-18(2)15-19(22)3/h7-13,15,20H,6,14,16-17H2,1-5H3,(H,25,29)/t20-/m0/s1. The monoisotopic (exact) mass is 459 g/mol. The zero-order chi connectivity index (χ0) is 23.9. The number of sulfonamides is 1. The zero-order valence-electron chi connectivity index (χ0n) is 19.5. The fourth-order valence-corrected chi connectivity index (χ4v) is 4.35. The number of anilines is 1. The van der Waals surface area contributed by atoms with Crippen LogP contribution in [0.4, 0.5) is 5.69 Å². The summed E-state index contributed by atoms with van der Waals surface area (Å²) < 4.78 is 26.3. The summed E-state index contributed by atoms with van der Waals surface area (Å²) in [6.45, 7) is 7.67. The minimum Gasteiger partial charge on any atom is -0.354 e. The number of nitrogens with zero attached hydrogens (tertiary/aromatic N) is 2. The molecule has 0 heterocycles. The number of amides is 2. The first kappa shape index (κ1) is 25.4. The second-order valence-corrected chi connectivity index (χ2v) is 9.94. The van der Waals surface area contributed by atoms with Crippen LogP contribution in [0.5, 0.6) is 0 Å².